The van der Waals surface area contributed by atoms with Crippen molar-refractivity contribution in [2.45, 2.75) is 13.3 Å². The first-order valence-electron chi connectivity index (χ1n) is 7.66. The minimum atomic E-state index is -1.39. The highest BCUT2D eigenvalue weighted by Gasteiger charge is 2.17. The summed E-state index contributed by atoms with van der Waals surface area (Å²) in [5.74, 6) is -1.03. The lowest BCUT2D eigenvalue weighted by Crippen LogP contribution is -2.26. The fourth-order valence-corrected chi connectivity index (χ4v) is 2.51. The molecule has 0 atom stereocenters. The van der Waals surface area contributed by atoms with E-state index in [0.717, 1.165) is 16.5 Å². The van der Waals surface area contributed by atoms with Crippen LogP contribution in [0.4, 0.5) is 10.6 Å². The molecule has 0 saturated carbocycles. The minimum Gasteiger partial charge on any atom is -0.477 e. The SMILES string of the molecule is CCc1cccc(NC(=O)n2cc(C(=O)O)c(=O)c3ccccc32)n1. The van der Waals surface area contributed by atoms with Crippen LogP contribution in [-0.4, -0.2) is 26.7 Å². The Bertz CT molecular complexity index is 1040. The van der Waals surface area contributed by atoms with Gasteiger partial charge in [-0.2, -0.15) is 0 Å². The van der Waals surface area contributed by atoms with Gasteiger partial charge in [0.25, 0.3) is 0 Å². The molecular formula is C18H15N3O4. The number of nitrogens with one attached hydrogen (secondary N) is 1. The number of aryl methyl sites for hydroxylation is 1. The van der Waals surface area contributed by atoms with Gasteiger partial charge in [0, 0.05) is 17.3 Å². The molecule has 1 amide bonds. The van der Waals surface area contributed by atoms with Crippen molar-refractivity contribution in [3.63, 3.8) is 0 Å². The van der Waals surface area contributed by atoms with Gasteiger partial charge in [-0.15, -0.1) is 0 Å². The van der Waals surface area contributed by atoms with Crippen molar-refractivity contribution in [3.8, 4) is 0 Å². The van der Waals surface area contributed by atoms with Gasteiger partial charge in [0.2, 0.25) is 5.43 Å². The Hall–Kier alpha value is -3.48. The average Bonchev–Trinajstić information content (AvgIpc) is 2.62. The first-order valence-corrected chi connectivity index (χ1v) is 7.66. The Morgan fingerprint density at radius 1 is 1.16 bits per heavy atom. The van der Waals surface area contributed by atoms with Crippen molar-refractivity contribution >= 4 is 28.7 Å². The number of rotatable bonds is 3. The number of carbonyl (C=O) groups is 2. The van der Waals surface area contributed by atoms with E-state index in [0.29, 0.717) is 17.8 Å². The highest BCUT2D eigenvalue weighted by molar-refractivity contribution is 6.00. The van der Waals surface area contributed by atoms with Gasteiger partial charge in [-0.3, -0.25) is 14.7 Å². The second-order valence-corrected chi connectivity index (χ2v) is 5.36. The van der Waals surface area contributed by atoms with Crippen LogP contribution in [0.2, 0.25) is 0 Å². The fourth-order valence-electron chi connectivity index (χ4n) is 2.51. The van der Waals surface area contributed by atoms with Crippen molar-refractivity contribution < 1.29 is 14.7 Å². The number of aromatic carboxylic acids is 1. The largest absolute Gasteiger partial charge is 0.477 e. The highest BCUT2D eigenvalue weighted by Crippen LogP contribution is 2.13. The van der Waals surface area contributed by atoms with E-state index in [2.05, 4.69) is 10.3 Å². The zero-order chi connectivity index (χ0) is 18.0. The van der Waals surface area contributed by atoms with E-state index in [1.165, 1.54) is 6.07 Å². The van der Waals surface area contributed by atoms with Gasteiger partial charge in [0.15, 0.2) is 0 Å². The zero-order valence-corrected chi connectivity index (χ0v) is 13.4. The third kappa shape index (κ3) is 3.12. The number of carboxylic acids is 1. The van der Waals surface area contributed by atoms with E-state index >= 15 is 0 Å². The maximum Gasteiger partial charge on any atom is 0.341 e. The predicted octanol–water partition coefficient (Wildman–Crippen LogP) is 2.74. The number of carboxylic acid groups (broad SMARTS) is 1. The van der Waals surface area contributed by atoms with E-state index < -0.39 is 23.0 Å². The number of carbonyl (C=O) groups excluding carboxylic acids is 1. The number of amides is 1. The van der Waals surface area contributed by atoms with Crippen molar-refractivity contribution in [2.75, 3.05) is 5.32 Å². The fraction of sp³-hybridized carbons (Fsp3) is 0.111. The Balaban J connectivity index is 2.10. The molecule has 7 heteroatoms. The van der Waals surface area contributed by atoms with Gasteiger partial charge < -0.3 is 5.11 Å². The van der Waals surface area contributed by atoms with E-state index in [4.69, 9.17) is 0 Å². The number of hydrogen-bond acceptors (Lipinski definition) is 4. The molecule has 0 saturated heterocycles. The Morgan fingerprint density at radius 3 is 2.64 bits per heavy atom. The normalized spacial score (nSPS) is 10.6. The maximum absolute atomic E-state index is 12.6. The summed E-state index contributed by atoms with van der Waals surface area (Å²) >= 11 is 0. The Morgan fingerprint density at radius 2 is 1.92 bits per heavy atom. The molecule has 7 nitrogen and oxygen atoms in total. The van der Waals surface area contributed by atoms with E-state index in [9.17, 15) is 19.5 Å². The molecule has 1 aromatic carbocycles. The van der Waals surface area contributed by atoms with E-state index in [1.807, 2.05) is 13.0 Å². The molecular weight excluding hydrogens is 322 g/mol. The molecule has 0 unspecified atom stereocenters. The summed E-state index contributed by atoms with van der Waals surface area (Å²) in [4.78, 5) is 40.5. The van der Waals surface area contributed by atoms with Crippen molar-refractivity contribution in [2.24, 2.45) is 0 Å². The summed E-state index contributed by atoms with van der Waals surface area (Å²) < 4.78 is 1.11. The standard InChI is InChI=1S/C18H15N3O4/c1-2-11-6-5-9-15(19-11)20-18(25)21-10-13(17(23)24)16(22)12-7-3-4-8-14(12)21/h3-10H,2H2,1H3,(H,23,24)(H,19,20,25). The number of pyridine rings is 2. The zero-order valence-electron chi connectivity index (χ0n) is 13.4. The number of nitrogens with zero attached hydrogens (tertiary/aromatic N) is 2. The maximum atomic E-state index is 12.6. The Labute approximate surface area is 142 Å². The molecule has 2 heterocycles. The third-order valence-corrected chi connectivity index (χ3v) is 3.76. The summed E-state index contributed by atoms with van der Waals surface area (Å²) in [6.45, 7) is 1.95. The topological polar surface area (TPSA) is 101 Å². The third-order valence-electron chi connectivity index (χ3n) is 3.76. The Kier molecular flexibility index (Phi) is 4.30. The van der Waals surface area contributed by atoms with Gasteiger partial charge in [0.1, 0.15) is 11.4 Å². The second kappa shape index (κ2) is 6.56. The molecule has 0 aliphatic heterocycles. The van der Waals surface area contributed by atoms with Crippen molar-refractivity contribution in [1.29, 1.82) is 0 Å². The molecule has 3 rings (SSSR count). The minimum absolute atomic E-state index is 0.160. The first-order chi connectivity index (χ1) is 12.0. The van der Waals surface area contributed by atoms with Crippen LogP contribution in [0.1, 0.15) is 23.0 Å². The molecule has 0 fully saturated rings. The summed E-state index contributed by atoms with van der Waals surface area (Å²) in [7, 11) is 0. The summed E-state index contributed by atoms with van der Waals surface area (Å²) in [6.07, 6.45) is 1.75. The number of fused-ring (bicyclic) bond motifs is 1. The molecule has 0 aliphatic rings. The lowest BCUT2D eigenvalue weighted by Gasteiger charge is -2.12. The molecule has 3 aromatic rings. The average molecular weight is 337 g/mol. The summed E-state index contributed by atoms with van der Waals surface area (Å²) in [5, 5.41) is 12.0. The van der Waals surface area contributed by atoms with Crippen LogP contribution in [0.3, 0.4) is 0 Å². The molecule has 2 aromatic heterocycles. The monoisotopic (exact) mass is 337 g/mol. The number of hydrogen-bond donors (Lipinski definition) is 2. The number of anilines is 1. The van der Waals surface area contributed by atoms with E-state index in [-0.39, 0.29) is 5.39 Å². The van der Waals surface area contributed by atoms with Crippen LogP contribution >= 0.6 is 0 Å². The molecule has 0 spiro atoms. The van der Waals surface area contributed by atoms with Gasteiger partial charge in [-0.1, -0.05) is 25.1 Å². The number of aromatic nitrogens is 2. The quantitative estimate of drug-likeness (QED) is 0.765. The molecule has 0 radical (unpaired) electrons. The van der Waals surface area contributed by atoms with Gasteiger partial charge in [-0.05, 0) is 30.7 Å². The number of para-hydroxylation sites is 1. The lowest BCUT2D eigenvalue weighted by atomic mass is 10.1. The second-order valence-electron chi connectivity index (χ2n) is 5.36. The molecule has 0 bridgehead atoms. The van der Waals surface area contributed by atoms with Crippen LogP contribution in [0.15, 0.2) is 53.5 Å². The van der Waals surface area contributed by atoms with Crippen LogP contribution in [0, 0.1) is 0 Å². The van der Waals surface area contributed by atoms with Gasteiger partial charge in [0.05, 0.1) is 5.52 Å². The molecule has 2 N–H and O–H groups in total. The van der Waals surface area contributed by atoms with Crippen LogP contribution in [0.25, 0.3) is 10.9 Å². The summed E-state index contributed by atoms with van der Waals surface area (Å²) in [6, 6.07) is 11.0. The smallest absolute Gasteiger partial charge is 0.341 e. The molecule has 126 valence electrons. The summed E-state index contributed by atoms with van der Waals surface area (Å²) in [5.41, 5.74) is 0.0396. The highest BCUT2D eigenvalue weighted by atomic mass is 16.4. The first kappa shape index (κ1) is 16.4. The van der Waals surface area contributed by atoms with Crippen LogP contribution < -0.4 is 10.7 Å². The lowest BCUT2D eigenvalue weighted by molar-refractivity contribution is 0.0695. The van der Waals surface area contributed by atoms with Crippen LogP contribution in [0.5, 0.6) is 0 Å². The van der Waals surface area contributed by atoms with Crippen molar-refractivity contribution in [1.82, 2.24) is 9.55 Å². The predicted molar refractivity (Wildman–Crippen MR) is 93.2 cm³/mol. The van der Waals surface area contributed by atoms with Gasteiger partial charge >= 0.3 is 12.0 Å². The molecule has 0 aliphatic carbocycles. The van der Waals surface area contributed by atoms with Crippen molar-refractivity contribution in [3.05, 3.63) is 70.1 Å². The van der Waals surface area contributed by atoms with E-state index in [1.54, 1.807) is 30.3 Å². The number of benzene rings is 1. The van der Waals surface area contributed by atoms with Crippen LogP contribution in [-0.2, 0) is 6.42 Å². The van der Waals surface area contributed by atoms with Gasteiger partial charge in [-0.25, -0.2) is 14.6 Å². The molecule has 25 heavy (non-hydrogen) atoms.